The van der Waals surface area contributed by atoms with Crippen molar-refractivity contribution in [3.8, 4) is 0 Å². The predicted molar refractivity (Wildman–Crippen MR) is 54.7 cm³/mol. The van der Waals surface area contributed by atoms with Crippen LogP contribution < -0.4 is 0 Å². The highest BCUT2D eigenvalue weighted by atomic mass is 79.9. The highest BCUT2D eigenvalue weighted by molar-refractivity contribution is 9.10. The van der Waals surface area contributed by atoms with Crippen LogP contribution in [-0.2, 0) is 0 Å². The van der Waals surface area contributed by atoms with E-state index in [0.717, 1.165) is 10.2 Å². The largest absolute Gasteiger partial charge is 0.345 e. The van der Waals surface area contributed by atoms with Gasteiger partial charge in [0.2, 0.25) is 0 Å². The summed E-state index contributed by atoms with van der Waals surface area (Å²) in [6.07, 6.45) is 1.57. The first-order valence-corrected chi connectivity index (χ1v) is 4.65. The first-order chi connectivity index (χ1) is 6.02. The summed E-state index contributed by atoms with van der Waals surface area (Å²) in [7, 11) is 3.44. The molecule has 0 bridgehead atoms. The summed E-state index contributed by atoms with van der Waals surface area (Å²) in [5.74, 6) is -0.0249. The molecule has 1 aromatic heterocycles. The molecule has 0 radical (unpaired) electrons. The van der Waals surface area contributed by atoms with Gasteiger partial charge in [0.15, 0.2) is 0 Å². The zero-order valence-corrected chi connectivity index (χ0v) is 9.42. The van der Waals surface area contributed by atoms with Crippen molar-refractivity contribution in [1.29, 1.82) is 0 Å². The number of carbonyl (C=O) groups excluding carboxylic acids is 1. The number of amides is 1. The van der Waals surface area contributed by atoms with E-state index in [-0.39, 0.29) is 5.91 Å². The maximum atomic E-state index is 11.5. The third kappa shape index (κ3) is 2.28. The quantitative estimate of drug-likeness (QED) is 0.705. The summed E-state index contributed by atoms with van der Waals surface area (Å²) in [6, 6.07) is 1.82. The Balaban J connectivity index is 3.04. The van der Waals surface area contributed by atoms with Gasteiger partial charge in [-0.2, -0.15) is 0 Å². The van der Waals surface area contributed by atoms with Gasteiger partial charge in [0.05, 0.1) is 5.56 Å². The molecule has 1 aromatic rings. The van der Waals surface area contributed by atoms with Crippen LogP contribution in [0.3, 0.4) is 0 Å². The Bertz CT molecular complexity index is 336. The number of aromatic nitrogens is 1. The smallest absolute Gasteiger partial charge is 0.254 e. The van der Waals surface area contributed by atoms with Gasteiger partial charge in [0, 0.05) is 20.3 Å². The van der Waals surface area contributed by atoms with Crippen molar-refractivity contribution in [3.05, 3.63) is 28.0 Å². The standard InChI is InChI=1S/C9H11BrN2O/c1-6-4-7(5-11-8(6)10)9(13)12(2)3/h4-5H,1-3H3. The second-order valence-electron chi connectivity index (χ2n) is 3.03. The number of nitrogens with zero attached hydrogens (tertiary/aromatic N) is 2. The maximum absolute atomic E-state index is 11.5. The van der Waals surface area contributed by atoms with Crippen molar-refractivity contribution in [3.63, 3.8) is 0 Å². The van der Waals surface area contributed by atoms with Crippen LogP contribution in [0.5, 0.6) is 0 Å². The van der Waals surface area contributed by atoms with E-state index < -0.39 is 0 Å². The number of aryl methyl sites for hydroxylation is 1. The van der Waals surface area contributed by atoms with Crippen LogP contribution in [0.2, 0.25) is 0 Å². The van der Waals surface area contributed by atoms with Crippen LogP contribution in [0.25, 0.3) is 0 Å². The molecule has 4 heteroatoms. The number of carbonyl (C=O) groups is 1. The van der Waals surface area contributed by atoms with Gasteiger partial charge in [-0.3, -0.25) is 4.79 Å². The zero-order chi connectivity index (χ0) is 10.0. The van der Waals surface area contributed by atoms with E-state index >= 15 is 0 Å². The van der Waals surface area contributed by atoms with Crippen LogP contribution in [-0.4, -0.2) is 29.9 Å². The topological polar surface area (TPSA) is 33.2 Å². The van der Waals surface area contributed by atoms with E-state index in [1.165, 1.54) is 4.90 Å². The van der Waals surface area contributed by atoms with E-state index in [1.807, 2.05) is 13.0 Å². The summed E-state index contributed by atoms with van der Waals surface area (Å²) in [5, 5.41) is 0. The fourth-order valence-electron chi connectivity index (χ4n) is 0.933. The molecular formula is C9H11BrN2O. The molecule has 1 rings (SSSR count). The minimum absolute atomic E-state index is 0.0249. The molecule has 0 atom stereocenters. The molecule has 3 nitrogen and oxygen atoms in total. The minimum Gasteiger partial charge on any atom is -0.345 e. The highest BCUT2D eigenvalue weighted by Crippen LogP contribution is 2.14. The molecule has 0 saturated carbocycles. The van der Waals surface area contributed by atoms with E-state index in [2.05, 4.69) is 20.9 Å². The van der Waals surface area contributed by atoms with Crippen LogP contribution in [0, 0.1) is 6.92 Å². The monoisotopic (exact) mass is 242 g/mol. The summed E-state index contributed by atoms with van der Waals surface area (Å²) in [4.78, 5) is 17.1. The Labute approximate surface area is 85.9 Å². The van der Waals surface area contributed by atoms with E-state index in [9.17, 15) is 4.79 Å². The Hall–Kier alpha value is -0.900. The molecule has 0 aliphatic rings. The van der Waals surface area contributed by atoms with Crippen molar-refractivity contribution in [2.75, 3.05) is 14.1 Å². The lowest BCUT2D eigenvalue weighted by atomic mass is 10.2. The number of hydrogen-bond acceptors (Lipinski definition) is 2. The second kappa shape index (κ2) is 3.87. The second-order valence-corrected chi connectivity index (χ2v) is 3.78. The lowest BCUT2D eigenvalue weighted by Crippen LogP contribution is -2.21. The average Bonchev–Trinajstić information content (AvgIpc) is 2.08. The van der Waals surface area contributed by atoms with Gasteiger partial charge < -0.3 is 4.90 Å². The number of hydrogen-bond donors (Lipinski definition) is 0. The molecule has 0 aromatic carbocycles. The van der Waals surface area contributed by atoms with Gasteiger partial charge in [-0.05, 0) is 34.5 Å². The normalized spacial score (nSPS) is 9.85. The van der Waals surface area contributed by atoms with Gasteiger partial charge in [-0.25, -0.2) is 4.98 Å². The van der Waals surface area contributed by atoms with Crippen molar-refractivity contribution >= 4 is 21.8 Å². The Morgan fingerprint density at radius 1 is 1.54 bits per heavy atom. The molecule has 13 heavy (non-hydrogen) atoms. The van der Waals surface area contributed by atoms with Gasteiger partial charge in [-0.15, -0.1) is 0 Å². The van der Waals surface area contributed by atoms with Crippen LogP contribution >= 0.6 is 15.9 Å². The van der Waals surface area contributed by atoms with Gasteiger partial charge in [0.1, 0.15) is 4.60 Å². The van der Waals surface area contributed by atoms with E-state index in [4.69, 9.17) is 0 Å². The molecule has 70 valence electrons. The minimum atomic E-state index is -0.0249. The molecule has 0 spiro atoms. The lowest BCUT2D eigenvalue weighted by molar-refractivity contribution is 0.0827. The summed E-state index contributed by atoms with van der Waals surface area (Å²) < 4.78 is 0.780. The van der Waals surface area contributed by atoms with Gasteiger partial charge >= 0.3 is 0 Å². The van der Waals surface area contributed by atoms with Crippen molar-refractivity contribution < 1.29 is 4.79 Å². The lowest BCUT2D eigenvalue weighted by Gasteiger charge is -2.10. The van der Waals surface area contributed by atoms with Crippen LogP contribution in [0.15, 0.2) is 16.9 Å². The molecule has 0 aliphatic heterocycles. The molecule has 0 N–H and O–H groups in total. The molecule has 0 aliphatic carbocycles. The predicted octanol–water partition coefficient (Wildman–Crippen LogP) is 1.85. The zero-order valence-electron chi connectivity index (χ0n) is 7.84. The molecule has 1 amide bonds. The molecule has 0 saturated heterocycles. The van der Waals surface area contributed by atoms with Crippen molar-refractivity contribution in [2.45, 2.75) is 6.92 Å². The fraction of sp³-hybridized carbons (Fsp3) is 0.333. The summed E-state index contributed by atoms with van der Waals surface area (Å²) >= 11 is 3.28. The van der Waals surface area contributed by atoms with E-state index in [1.54, 1.807) is 20.3 Å². The SMILES string of the molecule is Cc1cc(C(=O)N(C)C)cnc1Br. The number of rotatable bonds is 1. The highest BCUT2D eigenvalue weighted by Gasteiger charge is 2.09. The number of pyridine rings is 1. The van der Waals surface area contributed by atoms with Crippen molar-refractivity contribution in [1.82, 2.24) is 9.88 Å². The Morgan fingerprint density at radius 2 is 2.15 bits per heavy atom. The molecular weight excluding hydrogens is 232 g/mol. The number of halogens is 1. The van der Waals surface area contributed by atoms with Crippen LogP contribution in [0.4, 0.5) is 0 Å². The third-order valence-electron chi connectivity index (χ3n) is 1.67. The van der Waals surface area contributed by atoms with Crippen molar-refractivity contribution in [2.24, 2.45) is 0 Å². The Morgan fingerprint density at radius 3 is 2.62 bits per heavy atom. The average molecular weight is 243 g/mol. The van der Waals surface area contributed by atoms with Crippen LogP contribution in [0.1, 0.15) is 15.9 Å². The maximum Gasteiger partial charge on any atom is 0.254 e. The molecule has 0 fully saturated rings. The van der Waals surface area contributed by atoms with Gasteiger partial charge in [0.25, 0.3) is 5.91 Å². The molecule has 1 heterocycles. The molecule has 0 unspecified atom stereocenters. The summed E-state index contributed by atoms with van der Waals surface area (Å²) in [6.45, 7) is 1.91. The van der Waals surface area contributed by atoms with E-state index in [0.29, 0.717) is 5.56 Å². The van der Waals surface area contributed by atoms with Gasteiger partial charge in [-0.1, -0.05) is 0 Å². The first kappa shape index (κ1) is 10.2. The Kier molecular flexibility index (Phi) is 3.03. The summed E-state index contributed by atoms with van der Waals surface area (Å²) in [5.41, 5.74) is 1.58. The third-order valence-corrected chi connectivity index (χ3v) is 2.50. The first-order valence-electron chi connectivity index (χ1n) is 3.86. The fourth-order valence-corrected chi connectivity index (χ4v) is 1.15.